The van der Waals surface area contributed by atoms with Crippen LogP contribution in [-0.4, -0.2) is 55.1 Å². The molecule has 1 heterocycles. The Kier molecular flexibility index (Phi) is 8.35. The number of carbonyl (C=O) groups is 4. The predicted octanol–water partition coefficient (Wildman–Crippen LogP) is 4.63. The van der Waals surface area contributed by atoms with Crippen LogP contribution in [0, 0.1) is 5.92 Å². The molecule has 0 radical (unpaired) electrons. The van der Waals surface area contributed by atoms with E-state index in [1.54, 1.807) is 60.7 Å². The number of hydrogen-bond acceptors (Lipinski definition) is 5. The van der Waals surface area contributed by atoms with E-state index in [2.05, 4.69) is 5.32 Å². The fraction of sp³-hybridized carbons (Fsp3) is 0.267. The molecule has 0 bridgehead atoms. The number of para-hydroxylation sites is 1. The lowest BCUT2D eigenvalue weighted by Crippen LogP contribution is -2.53. The minimum Gasteiger partial charge on any atom is -0.378 e. The van der Waals surface area contributed by atoms with Crippen LogP contribution >= 0.6 is 11.6 Å². The molecule has 0 aliphatic carbocycles. The van der Waals surface area contributed by atoms with Crippen LogP contribution < -0.4 is 15.1 Å². The Morgan fingerprint density at radius 1 is 0.923 bits per heavy atom. The molecule has 0 saturated heterocycles. The number of amides is 3. The Bertz CT molecular complexity index is 1390. The van der Waals surface area contributed by atoms with Crippen molar-refractivity contribution >= 4 is 52.2 Å². The Morgan fingerprint density at radius 2 is 1.56 bits per heavy atom. The molecule has 1 aliphatic heterocycles. The maximum absolute atomic E-state index is 13.9. The average Bonchev–Trinajstić information content (AvgIpc) is 3.14. The van der Waals surface area contributed by atoms with Crippen molar-refractivity contribution in [3.05, 3.63) is 88.9 Å². The maximum atomic E-state index is 13.9. The van der Waals surface area contributed by atoms with E-state index < -0.39 is 23.6 Å². The molecule has 1 N–H and O–H groups in total. The summed E-state index contributed by atoms with van der Waals surface area (Å²) in [5, 5.41) is 3.49. The number of rotatable bonds is 9. The first kappa shape index (κ1) is 27.9. The molecule has 1 aliphatic rings. The highest BCUT2D eigenvalue weighted by molar-refractivity contribution is 6.52. The molecular formula is C30H31ClN4O4. The zero-order chi connectivity index (χ0) is 28.3. The maximum Gasteiger partial charge on any atom is 0.299 e. The number of ketones is 1. The predicted molar refractivity (Wildman–Crippen MR) is 153 cm³/mol. The van der Waals surface area contributed by atoms with Gasteiger partial charge in [-0.15, -0.1) is 0 Å². The van der Waals surface area contributed by atoms with E-state index in [0.717, 1.165) is 11.3 Å². The van der Waals surface area contributed by atoms with Gasteiger partial charge in [-0.05, 0) is 60.0 Å². The second-order valence-electron chi connectivity index (χ2n) is 10.0. The number of Topliss-reactive ketones (excluding diaryl/α,β-unsaturated/α-hetero) is 1. The molecule has 3 aromatic rings. The van der Waals surface area contributed by atoms with Crippen molar-refractivity contribution in [1.82, 2.24) is 4.90 Å². The summed E-state index contributed by atoms with van der Waals surface area (Å²) in [6.07, 6.45) is 0. The van der Waals surface area contributed by atoms with Crippen LogP contribution in [0.5, 0.6) is 0 Å². The number of halogens is 1. The minimum absolute atomic E-state index is 0.115. The molecule has 0 spiro atoms. The zero-order valence-corrected chi connectivity index (χ0v) is 23.1. The summed E-state index contributed by atoms with van der Waals surface area (Å²) in [4.78, 5) is 57.4. The van der Waals surface area contributed by atoms with Crippen molar-refractivity contribution < 1.29 is 19.2 Å². The van der Waals surface area contributed by atoms with Crippen LogP contribution in [0.1, 0.15) is 29.8 Å². The monoisotopic (exact) mass is 546 g/mol. The van der Waals surface area contributed by atoms with Crippen molar-refractivity contribution in [3.63, 3.8) is 0 Å². The van der Waals surface area contributed by atoms with Crippen LogP contribution in [0.15, 0.2) is 72.8 Å². The Labute approximate surface area is 233 Å². The number of nitrogens with one attached hydrogen (secondary N) is 1. The first-order valence-corrected chi connectivity index (χ1v) is 13.0. The van der Waals surface area contributed by atoms with Crippen LogP contribution in [0.4, 0.5) is 17.1 Å². The first-order chi connectivity index (χ1) is 18.6. The Hall–Kier alpha value is -4.17. The van der Waals surface area contributed by atoms with E-state index >= 15 is 0 Å². The Morgan fingerprint density at radius 3 is 2.18 bits per heavy atom. The second kappa shape index (κ2) is 11.7. The molecule has 3 amide bonds. The van der Waals surface area contributed by atoms with E-state index in [0.29, 0.717) is 16.4 Å². The topological polar surface area (TPSA) is 90.0 Å². The minimum atomic E-state index is -0.856. The third kappa shape index (κ3) is 6.12. The number of nitrogens with zero attached hydrogens (tertiary/aromatic N) is 3. The number of hydrogen-bond donors (Lipinski definition) is 1. The lowest BCUT2D eigenvalue weighted by Gasteiger charge is -2.34. The van der Waals surface area contributed by atoms with Crippen LogP contribution in [0.2, 0.25) is 5.02 Å². The summed E-state index contributed by atoms with van der Waals surface area (Å²) in [5.41, 5.74) is 3.01. The summed E-state index contributed by atoms with van der Waals surface area (Å²) in [6.45, 7) is 3.47. The van der Waals surface area contributed by atoms with Gasteiger partial charge in [-0.1, -0.05) is 49.7 Å². The van der Waals surface area contributed by atoms with Crippen molar-refractivity contribution in [1.29, 1.82) is 0 Å². The van der Waals surface area contributed by atoms with E-state index in [9.17, 15) is 19.2 Å². The third-order valence-electron chi connectivity index (χ3n) is 6.65. The molecule has 0 aromatic heterocycles. The fourth-order valence-corrected chi connectivity index (χ4v) is 4.75. The van der Waals surface area contributed by atoms with Gasteiger partial charge in [0.2, 0.25) is 11.8 Å². The summed E-state index contributed by atoms with van der Waals surface area (Å²) in [6, 6.07) is 20.1. The highest BCUT2D eigenvalue weighted by Crippen LogP contribution is 2.29. The summed E-state index contributed by atoms with van der Waals surface area (Å²) < 4.78 is 0. The average molecular weight is 547 g/mol. The molecule has 0 fully saturated rings. The van der Waals surface area contributed by atoms with E-state index in [1.807, 2.05) is 45.0 Å². The zero-order valence-electron chi connectivity index (χ0n) is 22.3. The molecule has 1 unspecified atom stereocenters. The molecular weight excluding hydrogens is 516 g/mol. The van der Waals surface area contributed by atoms with E-state index in [4.69, 9.17) is 11.6 Å². The SMILES string of the molecule is CC(C)C(C(=O)Nc1ccc(N(C)C)cc1)N(Cc1ccc(Cl)cc1)C(=O)CN1C(=O)C(=O)c2ccccc21. The van der Waals surface area contributed by atoms with Crippen molar-refractivity contribution in [2.75, 3.05) is 35.8 Å². The molecule has 1 atom stereocenters. The number of fused-ring (bicyclic) bond motifs is 1. The Balaban J connectivity index is 1.64. The molecule has 3 aromatic carbocycles. The summed E-state index contributed by atoms with van der Waals surface area (Å²) in [7, 11) is 3.86. The molecule has 202 valence electrons. The van der Waals surface area contributed by atoms with Gasteiger partial charge in [0.05, 0.1) is 11.3 Å². The largest absolute Gasteiger partial charge is 0.378 e. The van der Waals surface area contributed by atoms with Gasteiger partial charge in [-0.3, -0.25) is 24.1 Å². The van der Waals surface area contributed by atoms with Gasteiger partial charge in [0, 0.05) is 37.0 Å². The second-order valence-corrected chi connectivity index (χ2v) is 10.4. The number of benzene rings is 3. The first-order valence-electron chi connectivity index (χ1n) is 12.6. The number of carbonyl (C=O) groups excluding carboxylic acids is 4. The fourth-order valence-electron chi connectivity index (χ4n) is 4.62. The van der Waals surface area contributed by atoms with Crippen molar-refractivity contribution in [3.8, 4) is 0 Å². The lowest BCUT2D eigenvalue weighted by molar-refractivity contribution is -0.140. The van der Waals surface area contributed by atoms with Crippen molar-refractivity contribution in [2.45, 2.75) is 26.4 Å². The smallest absolute Gasteiger partial charge is 0.299 e. The summed E-state index contributed by atoms with van der Waals surface area (Å²) in [5.74, 6) is -2.48. The standard InChI is InChI=1S/C30H31ClN4O4/c1-19(2)27(29(38)32-22-13-15-23(16-14-22)33(3)4)35(17-20-9-11-21(31)12-10-20)26(36)18-34-25-8-6-5-7-24(25)28(37)30(34)39/h5-16,19,27H,17-18H2,1-4H3,(H,32,38). The molecule has 0 saturated carbocycles. The molecule has 8 nitrogen and oxygen atoms in total. The molecule has 4 rings (SSSR count). The quantitative estimate of drug-likeness (QED) is 0.395. The highest BCUT2D eigenvalue weighted by Gasteiger charge is 2.39. The highest BCUT2D eigenvalue weighted by atomic mass is 35.5. The molecule has 39 heavy (non-hydrogen) atoms. The number of anilines is 3. The van der Waals surface area contributed by atoms with Gasteiger partial charge in [0.1, 0.15) is 12.6 Å². The van der Waals surface area contributed by atoms with Crippen molar-refractivity contribution in [2.24, 2.45) is 5.92 Å². The molecule has 9 heteroatoms. The van der Waals surface area contributed by atoms with Crippen LogP contribution in [0.25, 0.3) is 0 Å². The van der Waals surface area contributed by atoms with E-state index in [1.165, 1.54) is 9.80 Å². The normalized spacial score (nSPS) is 13.3. The van der Waals surface area contributed by atoms with Crippen LogP contribution in [0.3, 0.4) is 0 Å². The van der Waals surface area contributed by atoms with Gasteiger partial charge in [0.25, 0.3) is 11.7 Å². The van der Waals surface area contributed by atoms with Crippen LogP contribution in [-0.2, 0) is 20.9 Å². The summed E-state index contributed by atoms with van der Waals surface area (Å²) >= 11 is 6.06. The lowest BCUT2D eigenvalue weighted by atomic mass is 10.00. The van der Waals surface area contributed by atoms with Gasteiger partial charge < -0.3 is 15.1 Å². The van der Waals surface area contributed by atoms with Gasteiger partial charge in [-0.2, -0.15) is 0 Å². The third-order valence-corrected chi connectivity index (χ3v) is 6.90. The van der Waals surface area contributed by atoms with E-state index in [-0.39, 0.29) is 30.5 Å². The van der Waals surface area contributed by atoms with Gasteiger partial charge >= 0.3 is 0 Å². The van der Waals surface area contributed by atoms with Gasteiger partial charge in [0.15, 0.2) is 0 Å². The van der Waals surface area contributed by atoms with Gasteiger partial charge in [-0.25, -0.2) is 0 Å².